The van der Waals surface area contributed by atoms with Gasteiger partial charge in [0.2, 0.25) is 0 Å². The first-order valence-corrected chi connectivity index (χ1v) is 10.9. The number of alkyl halides is 2. The SMILES string of the molecule is O=C(NCC1CN(c2ccc(N3CCNN(Cc4ccncc4)CC3)c(F)c2)C(=O)O1)C(F)F. The van der Waals surface area contributed by atoms with Gasteiger partial charge in [0.15, 0.2) is 0 Å². The van der Waals surface area contributed by atoms with E-state index in [1.54, 1.807) is 24.5 Å². The van der Waals surface area contributed by atoms with Crippen LogP contribution in [0.3, 0.4) is 0 Å². The van der Waals surface area contributed by atoms with Crippen LogP contribution >= 0.6 is 0 Å². The van der Waals surface area contributed by atoms with E-state index in [4.69, 9.17) is 4.74 Å². The van der Waals surface area contributed by atoms with Gasteiger partial charge in [0.25, 0.3) is 5.91 Å². The van der Waals surface area contributed by atoms with Crippen molar-refractivity contribution in [2.24, 2.45) is 0 Å². The Hall–Kier alpha value is -3.38. The third-order valence-electron chi connectivity index (χ3n) is 5.64. The topological polar surface area (TPSA) is 90.0 Å². The monoisotopic (exact) mass is 478 g/mol. The smallest absolute Gasteiger partial charge is 0.414 e. The van der Waals surface area contributed by atoms with Gasteiger partial charge < -0.3 is 15.0 Å². The number of halogens is 3. The molecule has 2 aromatic rings. The van der Waals surface area contributed by atoms with E-state index in [9.17, 15) is 18.4 Å². The van der Waals surface area contributed by atoms with E-state index in [1.165, 1.54) is 11.0 Å². The molecule has 34 heavy (non-hydrogen) atoms. The second-order valence-electron chi connectivity index (χ2n) is 7.97. The van der Waals surface area contributed by atoms with E-state index in [1.807, 2.05) is 22.3 Å². The molecule has 0 spiro atoms. The normalized spacial score (nSPS) is 19.3. The highest BCUT2D eigenvalue weighted by Crippen LogP contribution is 2.28. The number of ether oxygens (including phenoxy) is 1. The lowest BCUT2D eigenvalue weighted by molar-refractivity contribution is -0.132. The Labute approximate surface area is 194 Å². The van der Waals surface area contributed by atoms with Crippen LogP contribution < -0.4 is 20.5 Å². The van der Waals surface area contributed by atoms with Crippen molar-refractivity contribution < 1.29 is 27.5 Å². The van der Waals surface area contributed by atoms with Gasteiger partial charge >= 0.3 is 12.5 Å². The van der Waals surface area contributed by atoms with E-state index >= 15 is 4.39 Å². The number of amides is 2. The molecule has 1 unspecified atom stereocenters. The maximum atomic E-state index is 15.0. The summed E-state index contributed by atoms with van der Waals surface area (Å²) < 4.78 is 44.8. The highest BCUT2D eigenvalue weighted by molar-refractivity contribution is 5.90. The Kier molecular flexibility index (Phi) is 7.48. The number of aromatic nitrogens is 1. The summed E-state index contributed by atoms with van der Waals surface area (Å²) in [6.45, 7) is 2.98. The van der Waals surface area contributed by atoms with Crippen molar-refractivity contribution in [1.82, 2.24) is 20.7 Å². The average Bonchev–Trinajstić information content (AvgIpc) is 3.04. The number of anilines is 2. The summed E-state index contributed by atoms with van der Waals surface area (Å²) in [6, 6.07) is 8.38. The molecule has 0 aliphatic carbocycles. The Morgan fingerprint density at radius 1 is 1.21 bits per heavy atom. The van der Waals surface area contributed by atoms with Gasteiger partial charge in [-0.3, -0.25) is 20.1 Å². The van der Waals surface area contributed by atoms with Crippen molar-refractivity contribution >= 4 is 23.4 Å². The highest BCUT2D eigenvalue weighted by atomic mass is 19.3. The molecule has 2 saturated heterocycles. The van der Waals surface area contributed by atoms with Gasteiger partial charge in [-0.1, -0.05) is 0 Å². The summed E-state index contributed by atoms with van der Waals surface area (Å²) in [7, 11) is 0. The summed E-state index contributed by atoms with van der Waals surface area (Å²) in [5, 5.41) is 4.10. The molecule has 12 heteroatoms. The van der Waals surface area contributed by atoms with Gasteiger partial charge in [-0.2, -0.15) is 8.78 Å². The molecule has 0 bridgehead atoms. The van der Waals surface area contributed by atoms with Crippen LogP contribution in [0.1, 0.15) is 5.56 Å². The third kappa shape index (κ3) is 5.75. The molecule has 2 aliphatic heterocycles. The number of cyclic esters (lactones) is 1. The predicted molar refractivity (Wildman–Crippen MR) is 118 cm³/mol. The fourth-order valence-corrected chi connectivity index (χ4v) is 3.91. The molecule has 182 valence electrons. The van der Waals surface area contributed by atoms with Gasteiger partial charge in [-0.15, -0.1) is 0 Å². The molecule has 2 amide bonds. The van der Waals surface area contributed by atoms with Gasteiger partial charge in [0.05, 0.1) is 24.5 Å². The van der Waals surface area contributed by atoms with Gasteiger partial charge in [0.1, 0.15) is 11.9 Å². The number of hydrazine groups is 1. The molecule has 0 saturated carbocycles. The van der Waals surface area contributed by atoms with Crippen LogP contribution in [0.4, 0.5) is 29.3 Å². The Morgan fingerprint density at radius 2 is 2.00 bits per heavy atom. The zero-order valence-electron chi connectivity index (χ0n) is 18.3. The van der Waals surface area contributed by atoms with Crippen molar-refractivity contribution in [3.63, 3.8) is 0 Å². The minimum atomic E-state index is -3.15. The number of hydrogen-bond donors (Lipinski definition) is 2. The minimum Gasteiger partial charge on any atom is -0.442 e. The molecule has 2 aliphatic rings. The Bertz CT molecular complexity index is 1010. The Morgan fingerprint density at radius 3 is 2.74 bits per heavy atom. The number of carbonyl (C=O) groups is 2. The van der Waals surface area contributed by atoms with Crippen molar-refractivity contribution in [3.05, 3.63) is 54.1 Å². The predicted octanol–water partition coefficient (Wildman–Crippen LogP) is 1.75. The van der Waals surface area contributed by atoms with Gasteiger partial charge in [-0.25, -0.2) is 14.2 Å². The molecule has 0 radical (unpaired) electrons. The number of nitrogens with one attached hydrogen (secondary N) is 2. The summed E-state index contributed by atoms with van der Waals surface area (Å²) in [6.07, 6.45) is -1.19. The van der Waals surface area contributed by atoms with Crippen molar-refractivity contribution in [2.45, 2.75) is 19.1 Å². The third-order valence-corrected chi connectivity index (χ3v) is 5.64. The van der Waals surface area contributed by atoms with Gasteiger partial charge in [0, 0.05) is 45.1 Å². The lowest BCUT2D eigenvalue weighted by Gasteiger charge is -2.24. The zero-order valence-corrected chi connectivity index (χ0v) is 18.3. The van der Waals surface area contributed by atoms with Gasteiger partial charge in [-0.05, 0) is 35.9 Å². The average molecular weight is 478 g/mol. The lowest BCUT2D eigenvalue weighted by Crippen LogP contribution is -2.38. The fraction of sp³-hybridized carbons (Fsp3) is 0.409. The Balaban J connectivity index is 1.35. The largest absolute Gasteiger partial charge is 0.442 e. The molecule has 2 N–H and O–H groups in total. The number of carbonyl (C=O) groups excluding carboxylic acids is 2. The van der Waals surface area contributed by atoms with Crippen LogP contribution in [0, 0.1) is 5.82 Å². The molecular formula is C22H25F3N6O3. The van der Waals surface area contributed by atoms with Crippen molar-refractivity contribution in [1.29, 1.82) is 0 Å². The first-order chi connectivity index (χ1) is 16.4. The van der Waals surface area contributed by atoms with Crippen LogP contribution in [0.25, 0.3) is 0 Å². The second-order valence-corrected chi connectivity index (χ2v) is 7.97. The maximum Gasteiger partial charge on any atom is 0.414 e. The summed E-state index contributed by atoms with van der Waals surface area (Å²) in [4.78, 5) is 30.4. The molecular weight excluding hydrogens is 453 g/mol. The molecule has 2 fully saturated rings. The second kappa shape index (κ2) is 10.7. The van der Waals surface area contributed by atoms with E-state index in [-0.39, 0.29) is 13.1 Å². The number of nitrogens with zero attached hydrogens (tertiary/aromatic N) is 4. The van der Waals surface area contributed by atoms with Crippen LogP contribution in [-0.4, -0.2) is 73.8 Å². The molecule has 4 rings (SSSR count). The number of hydrogen-bond acceptors (Lipinski definition) is 7. The first kappa shape index (κ1) is 23.8. The first-order valence-electron chi connectivity index (χ1n) is 10.9. The number of pyridine rings is 1. The lowest BCUT2D eigenvalue weighted by atomic mass is 10.2. The van der Waals surface area contributed by atoms with Crippen molar-refractivity contribution in [2.75, 3.05) is 49.1 Å². The maximum absolute atomic E-state index is 15.0. The van der Waals surface area contributed by atoms with Crippen molar-refractivity contribution in [3.8, 4) is 0 Å². The highest BCUT2D eigenvalue weighted by Gasteiger charge is 2.33. The molecule has 3 heterocycles. The molecule has 1 aromatic carbocycles. The van der Waals surface area contributed by atoms with Crippen LogP contribution in [-0.2, 0) is 16.1 Å². The van der Waals surface area contributed by atoms with E-state index in [0.29, 0.717) is 44.1 Å². The standard InChI is InChI=1S/C22H25F3N6O3/c23-18-11-16(31-14-17(34-22(31)33)12-27-21(32)20(24)25)1-2-19(18)29-8-7-28-30(10-9-29)13-15-3-5-26-6-4-15/h1-6,11,17,20,28H,7-10,12-14H2,(H,27,32). The minimum absolute atomic E-state index is 0.0126. The molecule has 9 nitrogen and oxygen atoms in total. The summed E-state index contributed by atoms with van der Waals surface area (Å²) >= 11 is 0. The van der Waals surface area contributed by atoms with E-state index in [0.717, 1.165) is 5.56 Å². The van der Waals surface area contributed by atoms with E-state index in [2.05, 4.69) is 15.4 Å². The van der Waals surface area contributed by atoms with Crippen LogP contribution in [0.2, 0.25) is 0 Å². The molecule has 1 aromatic heterocycles. The number of rotatable bonds is 7. The number of benzene rings is 1. The zero-order chi connectivity index (χ0) is 24.1. The van der Waals surface area contributed by atoms with Crippen LogP contribution in [0.15, 0.2) is 42.7 Å². The fourth-order valence-electron chi connectivity index (χ4n) is 3.91. The quantitative estimate of drug-likeness (QED) is 0.627. The van der Waals surface area contributed by atoms with E-state index < -0.39 is 30.3 Å². The summed E-state index contributed by atoms with van der Waals surface area (Å²) in [5.74, 6) is -1.92. The molecule has 1 atom stereocenters. The summed E-state index contributed by atoms with van der Waals surface area (Å²) in [5.41, 5.74) is 5.18. The van der Waals surface area contributed by atoms with Crippen LogP contribution in [0.5, 0.6) is 0 Å².